The summed E-state index contributed by atoms with van der Waals surface area (Å²) in [5.41, 5.74) is 2.21. The van der Waals surface area contributed by atoms with Crippen LogP contribution in [0.4, 0.5) is 5.82 Å². The zero-order chi connectivity index (χ0) is 17.1. The number of carbonyl (C=O) groups excluding carboxylic acids is 1. The third kappa shape index (κ3) is 3.86. The molecule has 1 fully saturated rings. The first-order chi connectivity index (χ1) is 12.3. The van der Waals surface area contributed by atoms with Gasteiger partial charge in [0.2, 0.25) is 5.91 Å². The first-order valence-corrected chi connectivity index (χ1v) is 9.34. The number of aromatic amines is 1. The number of carbonyl (C=O) groups is 1. The molecule has 2 aliphatic rings. The Labute approximate surface area is 148 Å². The molecule has 0 radical (unpaired) electrons. The van der Waals surface area contributed by atoms with Crippen molar-refractivity contribution in [2.45, 2.75) is 44.9 Å². The lowest BCUT2D eigenvalue weighted by Gasteiger charge is -2.24. The Balaban J connectivity index is 1.34. The molecule has 132 valence electrons. The molecule has 2 N–H and O–H groups in total. The van der Waals surface area contributed by atoms with Crippen LogP contribution in [0.5, 0.6) is 5.75 Å². The second-order valence-electron chi connectivity index (χ2n) is 7.30. The fourth-order valence-electron chi connectivity index (χ4n) is 3.96. The first kappa shape index (κ1) is 16.2. The lowest BCUT2D eigenvalue weighted by molar-refractivity contribution is -0.121. The summed E-state index contributed by atoms with van der Waals surface area (Å²) >= 11 is 0. The fourth-order valence-corrected chi connectivity index (χ4v) is 3.96. The van der Waals surface area contributed by atoms with Crippen LogP contribution in [0.3, 0.4) is 0 Å². The Bertz CT molecular complexity index is 734. The van der Waals surface area contributed by atoms with E-state index in [4.69, 9.17) is 4.74 Å². The number of amides is 1. The van der Waals surface area contributed by atoms with Gasteiger partial charge in [-0.2, -0.15) is 5.10 Å². The minimum absolute atomic E-state index is 0.0229. The largest absolute Gasteiger partial charge is 0.492 e. The van der Waals surface area contributed by atoms with Gasteiger partial charge in [0.05, 0.1) is 5.92 Å². The zero-order valence-corrected chi connectivity index (χ0v) is 14.5. The van der Waals surface area contributed by atoms with E-state index in [1.807, 2.05) is 30.3 Å². The molecule has 2 aromatic rings. The Kier molecular flexibility index (Phi) is 4.72. The second kappa shape index (κ2) is 7.30. The van der Waals surface area contributed by atoms with Crippen molar-refractivity contribution >= 4 is 11.7 Å². The maximum Gasteiger partial charge on any atom is 0.232 e. The number of H-pyrrole nitrogens is 1. The Morgan fingerprint density at radius 3 is 2.96 bits per heavy atom. The summed E-state index contributed by atoms with van der Waals surface area (Å²) in [6.45, 7) is 0.419. The molecule has 25 heavy (non-hydrogen) atoms. The first-order valence-electron chi connectivity index (χ1n) is 9.34. The summed E-state index contributed by atoms with van der Waals surface area (Å²) in [6.07, 6.45) is 8.40. The van der Waals surface area contributed by atoms with Gasteiger partial charge < -0.3 is 10.1 Å². The molecule has 1 amide bonds. The summed E-state index contributed by atoms with van der Waals surface area (Å²) in [5, 5.41) is 10.3. The van der Waals surface area contributed by atoms with Crippen molar-refractivity contribution in [3.63, 3.8) is 0 Å². The molecule has 1 unspecified atom stereocenters. The van der Waals surface area contributed by atoms with Gasteiger partial charge in [0.25, 0.3) is 0 Å². The number of anilines is 1. The number of para-hydroxylation sites is 1. The summed E-state index contributed by atoms with van der Waals surface area (Å²) < 4.78 is 5.71. The summed E-state index contributed by atoms with van der Waals surface area (Å²) in [4.78, 5) is 12.5. The van der Waals surface area contributed by atoms with Gasteiger partial charge in [-0.15, -0.1) is 0 Å². The SMILES string of the molecule is O=C(Nc1cc(CC2CCCCC2)[nH]n1)C1COc2ccccc2C1. The number of fused-ring (bicyclic) bond motifs is 1. The Hall–Kier alpha value is -2.30. The number of nitrogens with zero attached hydrogens (tertiary/aromatic N) is 1. The van der Waals surface area contributed by atoms with Crippen LogP contribution >= 0.6 is 0 Å². The maximum atomic E-state index is 12.5. The highest BCUT2D eigenvalue weighted by atomic mass is 16.5. The quantitative estimate of drug-likeness (QED) is 0.892. The average Bonchev–Trinajstić information content (AvgIpc) is 3.09. The summed E-state index contributed by atoms with van der Waals surface area (Å²) in [5.74, 6) is 2.07. The monoisotopic (exact) mass is 339 g/mol. The van der Waals surface area contributed by atoms with Crippen LogP contribution in [0, 0.1) is 11.8 Å². The van der Waals surface area contributed by atoms with E-state index < -0.39 is 0 Å². The number of rotatable bonds is 4. The van der Waals surface area contributed by atoms with Gasteiger partial charge in [-0.25, -0.2) is 0 Å². The van der Waals surface area contributed by atoms with E-state index >= 15 is 0 Å². The maximum absolute atomic E-state index is 12.5. The van der Waals surface area contributed by atoms with Gasteiger partial charge in [-0.1, -0.05) is 50.3 Å². The Morgan fingerprint density at radius 1 is 1.24 bits per heavy atom. The molecule has 1 aromatic carbocycles. The van der Waals surface area contributed by atoms with Gasteiger partial charge in [0.1, 0.15) is 12.4 Å². The van der Waals surface area contributed by atoms with E-state index in [1.54, 1.807) is 0 Å². The molecule has 5 nitrogen and oxygen atoms in total. The predicted octanol–water partition coefficient (Wildman–Crippen LogP) is 3.72. The molecule has 1 saturated carbocycles. The number of hydrogen-bond donors (Lipinski definition) is 2. The summed E-state index contributed by atoms with van der Waals surface area (Å²) in [6, 6.07) is 9.88. The fraction of sp³-hybridized carbons (Fsp3) is 0.500. The molecule has 0 spiro atoms. The highest BCUT2D eigenvalue weighted by Gasteiger charge is 2.26. The van der Waals surface area contributed by atoms with E-state index in [1.165, 1.54) is 32.1 Å². The smallest absolute Gasteiger partial charge is 0.232 e. The van der Waals surface area contributed by atoms with Crippen LogP contribution in [-0.2, 0) is 17.6 Å². The van der Waals surface area contributed by atoms with Gasteiger partial charge in [-0.05, 0) is 30.4 Å². The zero-order valence-electron chi connectivity index (χ0n) is 14.5. The molecule has 0 saturated heterocycles. The van der Waals surface area contributed by atoms with E-state index in [2.05, 4.69) is 15.5 Å². The van der Waals surface area contributed by atoms with Crippen molar-refractivity contribution in [2.75, 3.05) is 11.9 Å². The third-order valence-electron chi connectivity index (χ3n) is 5.37. The minimum atomic E-state index is -0.173. The van der Waals surface area contributed by atoms with Crippen LogP contribution in [0.1, 0.15) is 43.4 Å². The van der Waals surface area contributed by atoms with Crippen molar-refractivity contribution in [3.05, 3.63) is 41.6 Å². The molecule has 4 rings (SSSR count). The lowest BCUT2D eigenvalue weighted by atomic mass is 9.86. The number of nitrogens with one attached hydrogen (secondary N) is 2. The highest BCUT2D eigenvalue weighted by Crippen LogP contribution is 2.28. The van der Waals surface area contributed by atoms with Crippen molar-refractivity contribution < 1.29 is 9.53 Å². The van der Waals surface area contributed by atoms with Crippen LogP contribution in [0.25, 0.3) is 0 Å². The summed E-state index contributed by atoms with van der Waals surface area (Å²) in [7, 11) is 0. The molecular weight excluding hydrogens is 314 g/mol. The number of hydrogen-bond acceptors (Lipinski definition) is 3. The molecule has 5 heteroatoms. The molecule has 0 bridgehead atoms. The number of ether oxygens (including phenoxy) is 1. The molecule has 1 aliphatic heterocycles. The predicted molar refractivity (Wildman–Crippen MR) is 96.6 cm³/mol. The highest BCUT2D eigenvalue weighted by molar-refractivity contribution is 5.92. The van der Waals surface area contributed by atoms with E-state index in [9.17, 15) is 4.79 Å². The topological polar surface area (TPSA) is 67.0 Å². The van der Waals surface area contributed by atoms with Crippen molar-refractivity contribution in [3.8, 4) is 5.75 Å². The normalized spacial score (nSPS) is 20.6. The van der Waals surface area contributed by atoms with Gasteiger partial charge >= 0.3 is 0 Å². The van der Waals surface area contributed by atoms with Gasteiger partial charge in [0, 0.05) is 11.8 Å². The van der Waals surface area contributed by atoms with E-state index in [0.29, 0.717) is 18.8 Å². The van der Waals surface area contributed by atoms with E-state index in [0.717, 1.165) is 29.3 Å². The third-order valence-corrected chi connectivity index (χ3v) is 5.37. The molecule has 1 atom stereocenters. The van der Waals surface area contributed by atoms with Crippen LogP contribution < -0.4 is 10.1 Å². The molecule has 1 aromatic heterocycles. The Morgan fingerprint density at radius 2 is 2.08 bits per heavy atom. The van der Waals surface area contributed by atoms with Crippen LogP contribution in [0.15, 0.2) is 30.3 Å². The second-order valence-corrected chi connectivity index (χ2v) is 7.30. The minimum Gasteiger partial charge on any atom is -0.492 e. The molecule has 2 heterocycles. The average molecular weight is 339 g/mol. The van der Waals surface area contributed by atoms with Crippen molar-refractivity contribution in [2.24, 2.45) is 11.8 Å². The van der Waals surface area contributed by atoms with Crippen LogP contribution in [0.2, 0.25) is 0 Å². The molecule has 1 aliphatic carbocycles. The van der Waals surface area contributed by atoms with E-state index in [-0.39, 0.29) is 11.8 Å². The van der Waals surface area contributed by atoms with Crippen LogP contribution in [-0.4, -0.2) is 22.7 Å². The standard InChI is InChI=1S/C20H25N3O2/c24-20(16-11-15-8-4-5-9-18(15)25-13-16)21-19-12-17(22-23-19)10-14-6-2-1-3-7-14/h4-5,8-9,12,14,16H,1-3,6-7,10-11,13H2,(H2,21,22,23,24). The van der Waals surface area contributed by atoms with Crippen molar-refractivity contribution in [1.29, 1.82) is 0 Å². The van der Waals surface area contributed by atoms with Crippen molar-refractivity contribution in [1.82, 2.24) is 10.2 Å². The number of aromatic nitrogens is 2. The van der Waals surface area contributed by atoms with Gasteiger partial charge in [0.15, 0.2) is 5.82 Å². The number of benzene rings is 1. The lowest BCUT2D eigenvalue weighted by Crippen LogP contribution is -2.32. The van der Waals surface area contributed by atoms with Gasteiger partial charge in [-0.3, -0.25) is 9.89 Å². The molecular formula is C20H25N3O2.